The summed E-state index contributed by atoms with van der Waals surface area (Å²) in [4.78, 5) is 7.79. The summed E-state index contributed by atoms with van der Waals surface area (Å²) in [6, 6.07) is 3.54. The number of hydrogen-bond acceptors (Lipinski definition) is 3. The summed E-state index contributed by atoms with van der Waals surface area (Å²) in [7, 11) is 0. The van der Waals surface area contributed by atoms with E-state index in [0.717, 1.165) is 23.3 Å². The van der Waals surface area contributed by atoms with Crippen LogP contribution >= 0.6 is 11.6 Å². The van der Waals surface area contributed by atoms with Crippen molar-refractivity contribution in [3.05, 3.63) is 52.4 Å². The SMILES string of the molecule is Cc1ccncc1CNc1cc(C(F)(F)F)cc(Cl)n1. The topological polar surface area (TPSA) is 37.8 Å². The maximum absolute atomic E-state index is 12.7. The smallest absolute Gasteiger partial charge is 0.366 e. The third-order valence-electron chi connectivity index (χ3n) is 2.73. The molecule has 0 atom stereocenters. The predicted octanol–water partition coefficient (Wildman–Crippen LogP) is 4.07. The summed E-state index contributed by atoms with van der Waals surface area (Å²) in [5.74, 6) is 0.0769. The Morgan fingerprint density at radius 1 is 1.30 bits per heavy atom. The van der Waals surface area contributed by atoms with Gasteiger partial charge in [0.25, 0.3) is 0 Å². The average Bonchev–Trinajstić information content (AvgIpc) is 2.36. The van der Waals surface area contributed by atoms with Crippen molar-refractivity contribution >= 4 is 17.4 Å². The second-order valence-electron chi connectivity index (χ2n) is 4.22. The van der Waals surface area contributed by atoms with E-state index in [4.69, 9.17) is 11.6 Å². The Labute approximate surface area is 118 Å². The van der Waals surface area contributed by atoms with Gasteiger partial charge in [-0.3, -0.25) is 4.98 Å². The van der Waals surface area contributed by atoms with Crippen LogP contribution in [0.15, 0.2) is 30.6 Å². The van der Waals surface area contributed by atoms with E-state index in [0.29, 0.717) is 6.54 Å². The zero-order valence-corrected chi connectivity index (χ0v) is 11.3. The summed E-state index contributed by atoms with van der Waals surface area (Å²) >= 11 is 5.61. The third-order valence-corrected chi connectivity index (χ3v) is 2.92. The van der Waals surface area contributed by atoms with Gasteiger partial charge in [0.1, 0.15) is 11.0 Å². The number of aryl methyl sites for hydroxylation is 1. The van der Waals surface area contributed by atoms with Crippen molar-refractivity contribution in [3.63, 3.8) is 0 Å². The number of alkyl halides is 3. The van der Waals surface area contributed by atoms with Crippen LogP contribution in [0.1, 0.15) is 16.7 Å². The molecule has 0 fully saturated rings. The van der Waals surface area contributed by atoms with E-state index in [2.05, 4.69) is 15.3 Å². The highest BCUT2D eigenvalue weighted by Crippen LogP contribution is 2.32. The Morgan fingerprint density at radius 2 is 2.05 bits per heavy atom. The van der Waals surface area contributed by atoms with Gasteiger partial charge in [-0.05, 0) is 36.2 Å². The molecule has 0 aromatic carbocycles. The van der Waals surface area contributed by atoms with Gasteiger partial charge in [-0.25, -0.2) is 4.98 Å². The molecule has 2 aromatic heterocycles. The van der Waals surface area contributed by atoms with Crippen molar-refractivity contribution in [1.82, 2.24) is 9.97 Å². The Morgan fingerprint density at radius 3 is 2.70 bits per heavy atom. The van der Waals surface area contributed by atoms with Crippen LogP contribution in [0.4, 0.5) is 19.0 Å². The molecule has 0 saturated carbocycles. The molecule has 0 amide bonds. The fraction of sp³-hybridized carbons (Fsp3) is 0.231. The molecule has 2 aromatic rings. The highest BCUT2D eigenvalue weighted by atomic mass is 35.5. The number of hydrogen-bond donors (Lipinski definition) is 1. The molecule has 106 valence electrons. The average molecular weight is 302 g/mol. The fourth-order valence-electron chi connectivity index (χ4n) is 1.62. The Kier molecular flexibility index (Phi) is 4.13. The summed E-state index contributed by atoms with van der Waals surface area (Å²) in [6.07, 6.45) is -1.15. The van der Waals surface area contributed by atoms with Gasteiger partial charge in [0.05, 0.1) is 5.56 Å². The van der Waals surface area contributed by atoms with Gasteiger partial charge in [-0.2, -0.15) is 13.2 Å². The second-order valence-corrected chi connectivity index (χ2v) is 4.60. The standard InChI is InChI=1S/C13H11ClF3N3/c1-8-2-3-18-6-9(8)7-19-12-5-10(13(15,16)17)4-11(14)20-12/h2-6H,7H2,1H3,(H,19,20). The number of nitrogens with one attached hydrogen (secondary N) is 1. The van der Waals surface area contributed by atoms with Crippen LogP contribution < -0.4 is 5.32 Å². The third kappa shape index (κ3) is 3.60. The minimum atomic E-state index is -4.45. The highest BCUT2D eigenvalue weighted by Gasteiger charge is 2.31. The molecular weight excluding hydrogens is 291 g/mol. The van der Waals surface area contributed by atoms with Gasteiger partial charge in [0.15, 0.2) is 0 Å². The maximum Gasteiger partial charge on any atom is 0.416 e. The lowest BCUT2D eigenvalue weighted by molar-refractivity contribution is -0.137. The summed E-state index contributed by atoms with van der Waals surface area (Å²) in [6.45, 7) is 2.22. The monoisotopic (exact) mass is 301 g/mol. The van der Waals surface area contributed by atoms with Crippen LogP contribution in [0.3, 0.4) is 0 Å². The molecule has 2 heterocycles. The molecule has 7 heteroatoms. The summed E-state index contributed by atoms with van der Waals surface area (Å²) < 4.78 is 38.0. The number of anilines is 1. The molecule has 0 aliphatic rings. The first kappa shape index (κ1) is 14.6. The lowest BCUT2D eigenvalue weighted by atomic mass is 10.1. The molecule has 0 bridgehead atoms. The van der Waals surface area contributed by atoms with Gasteiger partial charge >= 0.3 is 6.18 Å². The van der Waals surface area contributed by atoms with Gasteiger partial charge in [0, 0.05) is 18.9 Å². The van der Waals surface area contributed by atoms with Crippen LogP contribution in [0, 0.1) is 6.92 Å². The lowest BCUT2D eigenvalue weighted by Gasteiger charge is -2.11. The van der Waals surface area contributed by atoms with E-state index in [9.17, 15) is 13.2 Å². The van der Waals surface area contributed by atoms with Crippen LogP contribution in [0.25, 0.3) is 0 Å². The van der Waals surface area contributed by atoms with E-state index in [1.54, 1.807) is 12.4 Å². The molecule has 2 rings (SSSR count). The molecule has 1 N–H and O–H groups in total. The Balaban J connectivity index is 2.18. The van der Waals surface area contributed by atoms with Crippen molar-refractivity contribution in [2.45, 2.75) is 19.6 Å². The van der Waals surface area contributed by atoms with E-state index in [1.807, 2.05) is 13.0 Å². The summed E-state index contributed by atoms with van der Waals surface area (Å²) in [5, 5.41) is 2.62. The number of nitrogens with zero attached hydrogens (tertiary/aromatic N) is 2. The van der Waals surface area contributed by atoms with Crippen LogP contribution in [-0.4, -0.2) is 9.97 Å². The number of aromatic nitrogens is 2. The maximum atomic E-state index is 12.7. The summed E-state index contributed by atoms with van der Waals surface area (Å²) in [5.41, 5.74) is 1.04. The minimum Gasteiger partial charge on any atom is -0.366 e. The number of pyridine rings is 2. The van der Waals surface area contributed by atoms with Crippen molar-refractivity contribution in [1.29, 1.82) is 0 Å². The first-order chi connectivity index (χ1) is 9.36. The minimum absolute atomic E-state index is 0.0769. The molecule has 0 aliphatic carbocycles. The van der Waals surface area contributed by atoms with E-state index < -0.39 is 11.7 Å². The first-order valence-electron chi connectivity index (χ1n) is 5.74. The molecule has 3 nitrogen and oxygen atoms in total. The van der Waals surface area contributed by atoms with Crippen molar-refractivity contribution in [2.75, 3.05) is 5.32 Å². The van der Waals surface area contributed by atoms with Gasteiger partial charge in [0.2, 0.25) is 0 Å². The van der Waals surface area contributed by atoms with Crippen molar-refractivity contribution in [2.24, 2.45) is 0 Å². The fourth-order valence-corrected chi connectivity index (χ4v) is 1.83. The largest absolute Gasteiger partial charge is 0.416 e. The van der Waals surface area contributed by atoms with Crippen molar-refractivity contribution < 1.29 is 13.2 Å². The molecule has 0 spiro atoms. The number of rotatable bonds is 3. The van der Waals surface area contributed by atoms with E-state index in [1.165, 1.54) is 0 Å². The molecule has 0 aliphatic heterocycles. The Bertz CT molecular complexity index is 614. The normalized spacial score (nSPS) is 11.4. The lowest BCUT2D eigenvalue weighted by Crippen LogP contribution is -2.08. The highest BCUT2D eigenvalue weighted by molar-refractivity contribution is 6.29. The van der Waals surface area contributed by atoms with Gasteiger partial charge < -0.3 is 5.32 Å². The molecular formula is C13H11ClF3N3. The van der Waals surface area contributed by atoms with E-state index in [-0.39, 0.29) is 11.0 Å². The molecule has 20 heavy (non-hydrogen) atoms. The van der Waals surface area contributed by atoms with Crippen LogP contribution in [0.2, 0.25) is 5.15 Å². The second kappa shape index (κ2) is 5.66. The number of halogens is 4. The predicted molar refractivity (Wildman–Crippen MR) is 70.5 cm³/mol. The van der Waals surface area contributed by atoms with Crippen molar-refractivity contribution in [3.8, 4) is 0 Å². The van der Waals surface area contributed by atoms with Crippen LogP contribution in [0.5, 0.6) is 0 Å². The zero-order valence-electron chi connectivity index (χ0n) is 10.5. The van der Waals surface area contributed by atoms with Gasteiger partial charge in [-0.15, -0.1) is 0 Å². The van der Waals surface area contributed by atoms with Crippen LogP contribution in [-0.2, 0) is 12.7 Å². The first-order valence-corrected chi connectivity index (χ1v) is 6.12. The quantitative estimate of drug-likeness (QED) is 0.868. The zero-order chi connectivity index (χ0) is 14.8. The van der Waals surface area contributed by atoms with Gasteiger partial charge in [-0.1, -0.05) is 11.6 Å². The molecule has 0 unspecified atom stereocenters. The Hall–Kier alpha value is -1.82. The molecule has 0 radical (unpaired) electrons. The molecule has 0 saturated heterocycles. The van der Waals surface area contributed by atoms with E-state index >= 15 is 0 Å².